The lowest BCUT2D eigenvalue weighted by Gasteiger charge is -2.22. The molecule has 0 aliphatic carbocycles. The highest BCUT2D eigenvalue weighted by molar-refractivity contribution is 6.01. The quantitative estimate of drug-likeness (QED) is 0.711. The first kappa shape index (κ1) is 20.7. The second-order valence-electron chi connectivity index (χ2n) is 6.81. The van der Waals surface area contributed by atoms with Crippen LogP contribution in [0.1, 0.15) is 28.7 Å². The standard InChI is InChI=1S/C20H20F3N3O3/c1-13-4-2-5-14(8-13)11-24-18(27)25-12-15-6-3-7-16(9-15)17-10-19(28,29-26-17)20(21,22)23/h2-9,28H,10-12H2,1H3,(H2,24,25,27). The highest BCUT2D eigenvalue weighted by Gasteiger charge is 2.60. The van der Waals surface area contributed by atoms with Gasteiger partial charge in [-0.25, -0.2) is 4.79 Å². The number of urea groups is 1. The van der Waals surface area contributed by atoms with E-state index in [-0.39, 0.29) is 18.3 Å². The maximum absolute atomic E-state index is 12.8. The average Bonchev–Trinajstić information content (AvgIpc) is 3.09. The van der Waals surface area contributed by atoms with Crippen LogP contribution < -0.4 is 10.6 Å². The van der Waals surface area contributed by atoms with Crippen molar-refractivity contribution in [3.05, 3.63) is 70.8 Å². The third-order valence-electron chi connectivity index (χ3n) is 4.41. The zero-order chi connectivity index (χ0) is 21.1. The molecule has 0 saturated heterocycles. The van der Waals surface area contributed by atoms with Crippen LogP contribution in [-0.2, 0) is 17.9 Å². The summed E-state index contributed by atoms with van der Waals surface area (Å²) in [6.45, 7) is 2.51. The minimum atomic E-state index is -4.95. The van der Waals surface area contributed by atoms with Gasteiger partial charge in [-0.15, -0.1) is 0 Å². The Bertz CT molecular complexity index is 930. The molecule has 9 heteroatoms. The summed E-state index contributed by atoms with van der Waals surface area (Å²) in [4.78, 5) is 16.2. The van der Waals surface area contributed by atoms with Gasteiger partial charge in [-0.05, 0) is 29.7 Å². The third-order valence-corrected chi connectivity index (χ3v) is 4.41. The number of rotatable bonds is 5. The zero-order valence-electron chi connectivity index (χ0n) is 15.6. The second-order valence-corrected chi connectivity index (χ2v) is 6.81. The minimum Gasteiger partial charge on any atom is -0.350 e. The summed E-state index contributed by atoms with van der Waals surface area (Å²) in [5.41, 5.74) is 3.09. The van der Waals surface area contributed by atoms with Gasteiger partial charge in [0.05, 0.1) is 12.1 Å². The molecule has 3 rings (SSSR count). The maximum Gasteiger partial charge on any atom is 0.458 e. The summed E-state index contributed by atoms with van der Waals surface area (Å²) in [7, 11) is 0. The third kappa shape index (κ3) is 5.05. The number of benzene rings is 2. The van der Waals surface area contributed by atoms with Crippen LogP contribution >= 0.6 is 0 Å². The van der Waals surface area contributed by atoms with Crippen LogP contribution in [-0.4, -0.2) is 28.8 Å². The number of amides is 2. The van der Waals surface area contributed by atoms with E-state index in [2.05, 4.69) is 20.6 Å². The number of aliphatic hydroxyl groups is 1. The highest BCUT2D eigenvalue weighted by Crippen LogP contribution is 2.38. The Morgan fingerprint density at radius 3 is 2.34 bits per heavy atom. The number of hydrogen-bond donors (Lipinski definition) is 3. The van der Waals surface area contributed by atoms with E-state index in [9.17, 15) is 23.1 Å². The smallest absolute Gasteiger partial charge is 0.350 e. The van der Waals surface area contributed by atoms with Crippen molar-refractivity contribution in [1.82, 2.24) is 10.6 Å². The van der Waals surface area contributed by atoms with Gasteiger partial charge >= 0.3 is 18.0 Å². The number of carbonyl (C=O) groups excluding carboxylic acids is 1. The molecule has 0 fully saturated rings. The SMILES string of the molecule is Cc1cccc(CNC(=O)NCc2cccc(C3=NOC(O)(C(F)(F)F)C3)c2)c1. The van der Waals surface area contributed by atoms with E-state index in [0.29, 0.717) is 17.7 Å². The van der Waals surface area contributed by atoms with Crippen molar-refractivity contribution in [2.45, 2.75) is 38.4 Å². The molecule has 29 heavy (non-hydrogen) atoms. The molecule has 3 N–H and O–H groups in total. The van der Waals surface area contributed by atoms with Crippen LogP contribution in [0.2, 0.25) is 0 Å². The van der Waals surface area contributed by atoms with E-state index in [1.807, 2.05) is 31.2 Å². The molecule has 2 amide bonds. The Balaban J connectivity index is 1.54. The van der Waals surface area contributed by atoms with Crippen LogP contribution in [0.5, 0.6) is 0 Å². The number of aryl methyl sites for hydroxylation is 1. The van der Waals surface area contributed by atoms with Crippen LogP contribution in [0.3, 0.4) is 0 Å². The molecule has 2 aromatic rings. The van der Waals surface area contributed by atoms with Crippen LogP contribution in [0.25, 0.3) is 0 Å². The number of nitrogens with zero attached hydrogens (tertiary/aromatic N) is 1. The maximum atomic E-state index is 12.8. The summed E-state index contributed by atoms with van der Waals surface area (Å²) in [5.74, 6) is -3.31. The Morgan fingerprint density at radius 2 is 1.76 bits per heavy atom. The van der Waals surface area contributed by atoms with E-state index in [1.54, 1.807) is 24.3 Å². The Labute approximate surface area is 165 Å². The molecular formula is C20H20F3N3O3. The van der Waals surface area contributed by atoms with Gasteiger partial charge in [0.25, 0.3) is 0 Å². The summed E-state index contributed by atoms with van der Waals surface area (Å²) in [6.07, 6.45) is -5.75. The van der Waals surface area contributed by atoms with Crippen molar-refractivity contribution in [3.8, 4) is 0 Å². The van der Waals surface area contributed by atoms with Gasteiger partial charge in [-0.3, -0.25) is 0 Å². The first-order valence-corrected chi connectivity index (χ1v) is 8.87. The van der Waals surface area contributed by atoms with Crippen molar-refractivity contribution in [3.63, 3.8) is 0 Å². The average molecular weight is 407 g/mol. The van der Waals surface area contributed by atoms with Crippen molar-refractivity contribution in [2.24, 2.45) is 5.16 Å². The number of carbonyl (C=O) groups is 1. The van der Waals surface area contributed by atoms with Gasteiger partial charge in [-0.2, -0.15) is 13.2 Å². The van der Waals surface area contributed by atoms with Gasteiger partial charge < -0.3 is 20.6 Å². The van der Waals surface area contributed by atoms with Crippen molar-refractivity contribution in [1.29, 1.82) is 0 Å². The fraction of sp³-hybridized carbons (Fsp3) is 0.300. The molecule has 2 aromatic carbocycles. The van der Waals surface area contributed by atoms with Crippen molar-refractivity contribution < 1.29 is 27.9 Å². The first-order chi connectivity index (χ1) is 13.7. The normalized spacial score (nSPS) is 18.7. The molecular weight excluding hydrogens is 387 g/mol. The molecule has 0 bridgehead atoms. The van der Waals surface area contributed by atoms with Gasteiger partial charge in [0.1, 0.15) is 0 Å². The summed E-state index contributed by atoms with van der Waals surface area (Å²) in [6, 6.07) is 13.9. The molecule has 0 aromatic heterocycles. The van der Waals surface area contributed by atoms with Gasteiger partial charge in [0, 0.05) is 13.1 Å². The summed E-state index contributed by atoms with van der Waals surface area (Å²) in [5, 5.41) is 18.4. The van der Waals surface area contributed by atoms with Crippen molar-refractivity contribution in [2.75, 3.05) is 0 Å². The fourth-order valence-electron chi connectivity index (χ4n) is 2.84. The molecule has 6 nitrogen and oxygen atoms in total. The van der Waals surface area contributed by atoms with Gasteiger partial charge in [0.2, 0.25) is 0 Å². The number of oxime groups is 1. The zero-order valence-corrected chi connectivity index (χ0v) is 15.6. The molecule has 1 aliphatic rings. The molecule has 1 aliphatic heterocycles. The van der Waals surface area contributed by atoms with E-state index >= 15 is 0 Å². The van der Waals surface area contributed by atoms with Crippen LogP contribution in [0, 0.1) is 6.92 Å². The van der Waals surface area contributed by atoms with E-state index < -0.39 is 18.4 Å². The molecule has 0 saturated carbocycles. The lowest BCUT2D eigenvalue weighted by molar-refractivity contribution is -0.355. The van der Waals surface area contributed by atoms with Crippen LogP contribution in [0.4, 0.5) is 18.0 Å². The Kier molecular flexibility index (Phi) is 5.78. The minimum absolute atomic E-state index is 0.0180. The first-order valence-electron chi connectivity index (χ1n) is 8.87. The number of hydrogen-bond acceptors (Lipinski definition) is 4. The molecule has 1 atom stereocenters. The Hall–Kier alpha value is -3.07. The molecule has 1 unspecified atom stereocenters. The predicted octanol–water partition coefficient (Wildman–Crippen LogP) is 3.37. The fourth-order valence-corrected chi connectivity index (χ4v) is 2.84. The predicted molar refractivity (Wildman–Crippen MR) is 99.9 cm³/mol. The van der Waals surface area contributed by atoms with E-state index in [1.165, 1.54) is 0 Å². The number of nitrogens with one attached hydrogen (secondary N) is 2. The van der Waals surface area contributed by atoms with Crippen molar-refractivity contribution >= 4 is 11.7 Å². The monoisotopic (exact) mass is 407 g/mol. The lowest BCUT2D eigenvalue weighted by Crippen LogP contribution is -2.45. The summed E-state index contributed by atoms with van der Waals surface area (Å²) >= 11 is 0. The topological polar surface area (TPSA) is 83.0 Å². The van der Waals surface area contributed by atoms with Crippen LogP contribution in [0.15, 0.2) is 53.7 Å². The second kappa shape index (κ2) is 8.12. The largest absolute Gasteiger partial charge is 0.458 e. The highest BCUT2D eigenvalue weighted by atomic mass is 19.4. The number of halogens is 3. The van der Waals surface area contributed by atoms with Gasteiger partial charge in [-0.1, -0.05) is 53.2 Å². The van der Waals surface area contributed by atoms with E-state index in [0.717, 1.165) is 11.1 Å². The van der Waals surface area contributed by atoms with E-state index in [4.69, 9.17) is 0 Å². The lowest BCUT2D eigenvalue weighted by atomic mass is 10.0. The number of alkyl halides is 3. The molecule has 0 spiro atoms. The summed E-state index contributed by atoms with van der Waals surface area (Å²) < 4.78 is 38.5. The van der Waals surface area contributed by atoms with Gasteiger partial charge in [0.15, 0.2) is 0 Å². The Morgan fingerprint density at radius 1 is 1.14 bits per heavy atom. The molecule has 1 heterocycles. The molecule has 0 radical (unpaired) electrons. The molecule has 154 valence electrons.